The maximum Gasteiger partial charge on any atom is 0.137 e. The number of hydrogen-bond acceptors (Lipinski definition) is 4. The van der Waals surface area contributed by atoms with Crippen LogP contribution in [-0.4, -0.2) is 19.9 Å². The molecule has 0 saturated carbocycles. The van der Waals surface area contributed by atoms with Crippen LogP contribution >= 0.6 is 0 Å². The summed E-state index contributed by atoms with van der Waals surface area (Å²) in [5.74, 6) is 1.77. The van der Waals surface area contributed by atoms with Crippen molar-refractivity contribution in [1.29, 1.82) is 0 Å². The van der Waals surface area contributed by atoms with Crippen LogP contribution in [0.15, 0.2) is 36.9 Å². The number of anilines is 1. The van der Waals surface area contributed by atoms with Gasteiger partial charge in [0.1, 0.15) is 18.0 Å². The van der Waals surface area contributed by atoms with E-state index < -0.39 is 0 Å². The van der Waals surface area contributed by atoms with Gasteiger partial charge in [0.25, 0.3) is 0 Å². The van der Waals surface area contributed by atoms with Gasteiger partial charge in [0.2, 0.25) is 0 Å². The fourth-order valence-corrected chi connectivity index (χ4v) is 2.28. The van der Waals surface area contributed by atoms with Gasteiger partial charge in [-0.3, -0.25) is 0 Å². The number of nitrogens with one attached hydrogen (secondary N) is 2. The van der Waals surface area contributed by atoms with Gasteiger partial charge in [-0.15, -0.1) is 0 Å². The Balaban J connectivity index is 1.99. The van der Waals surface area contributed by atoms with E-state index in [9.17, 15) is 0 Å². The molecular formula is C15H17N5. The van der Waals surface area contributed by atoms with Crippen molar-refractivity contribution in [3.8, 4) is 0 Å². The minimum atomic E-state index is 0.114. The highest BCUT2D eigenvalue weighted by molar-refractivity contribution is 5.89. The van der Waals surface area contributed by atoms with Crippen molar-refractivity contribution in [2.75, 3.05) is 5.32 Å². The van der Waals surface area contributed by atoms with Crippen molar-refractivity contribution < 1.29 is 0 Å². The molecule has 0 saturated heterocycles. The maximum absolute atomic E-state index is 4.38. The SMILES string of the molecule is CCC(Nc1ncnc2ccc(C)cc12)c1ncc[nH]1. The van der Waals surface area contributed by atoms with Gasteiger partial charge in [0.05, 0.1) is 11.6 Å². The van der Waals surface area contributed by atoms with Gasteiger partial charge in [-0.05, 0) is 25.5 Å². The number of hydrogen-bond donors (Lipinski definition) is 2. The summed E-state index contributed by atoms with van der Waals surface area (Å²) in [7, 11) is 0. The molecule has 2 heterocycles. The molecule has 3 aromatic rings. The van der Waals surface area contributed by atoms with E-state index in [2.05, 4.69) is 51.2 Å². The lowest BCUT2D eigenvalue weighted by atomic mass is 10.1. The first kappa shape index (κ1) is 12.6. The molecule has 1 atom stereocenters. The predicted molar refractivity (Wildman–Crippen MR) is 79.5 cm³/mol. The summed E-state index contributed by atoms with van der Waals surface area (Å²) in [4.78, 5) is 16.2. The molecule has 0 radical (unpaired) electrons. The zero-order valence-electron chi connectivity index (χ0n) is 11.6. The number of benzene rings is 1. The molecular weight excluding hydrogens is 250 g/mol. The van der Waals surface area contributed by atoms with Gasteiger partial charge in [0, 0.05) is 17.8 Å². The molecule has 0 spiro atoms. The molecule has 20 heavy (non-hydrogen) atoms. The Morgan fingerprint density at radius 2 is 2.15 bits per heavy atom. The molecule has 102 valence electrons. The summed E-state index contributed by atoms with van der Waals surface area (Å²) in [6, 6.07) is 6.30. The molecule has 0 amide bonds. The predicted octanol–water partition coefficient (Wildman–Crippen LogP) is 3.22. The summed E-state index contributed by atoms with van der Waals surface area (Å²) in [5.41, 5.74) is 2.14. The lowest BCUT2D eigenvalue weighted by molar-refractivity contribution is 0.701. The zero-order chi connectivity index (χ0) is 13.9. The fraction of sp³-hybridized carbons (Fsp3) is 0.267. The highest BCUT2D eigenvalue weighted by Gasteiger charge is 2.13. The average Bonchev–Trinajstić information content (AvgIpc) is 2.99. The second kappa shape index (κ2) is 5.28. The van der Waals surface area contributed by atoms with E-state index >= 15 is 0 Å². The van der Waals surface area contributed by atoms with E-state index in [1.54, 1.807) is 12.5 Å². The van der Waals surface area contributed by atoms with Crippen molar-refractivity contribution in [3.05, 3.63) is 48.3 Å². The first-order chi connectivity index (χ1) is 9.78. The highest BCUT2D eigenvalue weighted by atomic mass is 15.1. The van der Waals surface area contributed by atoms with Gasteiger partial charge in [-0.1, -0.05) is 18.6 Å². The largest absolute Gasteiger partial charge is 0.360 e. The standard InChI is InChI=1S/C15H17N5/c1-3-12(15-16-6-7-17-15)20-14-11-8-10(2)4-5-13(11)18-9-19-14/h4-9,12H,3H2,1-2H3,(H,16,17)(H,18,19,20). The van der Waals surface area contributed by atoms with Crippen molar-refractivity contribution in [2.24, 2.45) is 0 Å². The van der Waals surface area contributed by atoms with E-state index in [0.29, 0.717) is 0 Å². The van der Waals surface area contributed by atoms with Crippen LogP contribution < -0.4 is 5.32 Å². The monoisotopic (exact) mass is 267 g/mol. The normalized spacial score (nSPS) is 12.5. The topological polar surface area (TPSA) is 66.5 Å². The fourth-order valence-electron chi connectivity index (χ4n) is 2.28. The molecule has 0 aliphatic carbocycles. The zero-order valence-corrected chi connectivity index (χ0v) is 11.6. The molecule has 1 unspecified atom stereocenters. The lowest BCUT2D eigenvalue weighted by Gasteiger charge is -2.16. The van der Waals surface area contributed by atoms with Crippen LogP contribution in [-0.2, 0) is 0 Å². The van der Waals surface area contributed by atoms with Crippen LogP contribution in [0, 0.1) is 6.92 Å². The Morgan fingerprint density at radius 1 is 1.25 bits per heavy atom. The molecule has 1 aromatic carbocycles. The summed E-state index contributed by atoms with van der Waals surface area (Å²) < 4.78 is 0. The van der Waals surface area contributed by atoms with Crippen molar-refractivity contribution in [3.63, 3.8) is 0 Å². The molecule has 0 bridgehead atoms. The van der Waals surface area contributed by atoms with Crippen LogP contribution in [0.25, 0.3) is 10.9 Å². The van der Waals surface area contributed by atoms with Gasteiger partial charge >= 0.3 is 0 Å². The molecule has 3 rings (SSSR count). The number of rotatable bonds is 4. The van der Waals surface area contributed by atoms with E-state index in [1.807, 2.05) is 12.3 Å². The third kappa shape index (κ3) is 2.34. The quantitative estimate of drug-likeness (QED) is 0.761. The van der Waals surface area contributed by atoms with E-state index in [1.165, 1.54) is 5.56 Å². The van der Waals surface area contributed by atoms with Crippen LogP contribution in [0.2, 0.25) is 0 Å². The van der Waals surface area contributed by atoms with Gasteiger partial charge in [-0.2, -0.15) is 0 Å². The van der Waals surface area contributed by atoms with Crippen molar-refractivity contribution >= 4 is 16.7 Å². The summed E-state index contributed by atoms with van der Waals surface area (Å²) in [5, 5.41) is 4.50. The number of H-pyrrole nitrogens is 1. The third-order valence-electron chi connectivity index (χ3n) is 3.36. The number of fused-ring (bicyclic) bond motifs is 1. The molecule has 2 aromatic heterocycles. The first-order valence-corrected chi connectivity index (χ1v) is 6.75. The summed E-state index contributed by atoms with van der Waals surface area (Å²) >= 11 is 0. The summed E-state index contributed by atoms with van der Waals surface area (Å²) in [6.45, 7) is 4.19. The Kier molecular flexibility index (Phi) is 3.33. The van der Waals surface area contributed by atoms with Crippen LogP contribution in [0.5, 0.6) is 0 Å². The first-order valence-electron chi connectivity index (χ1n) is 6.75. The number of nitrogens with zero attached hydrogens (tertiary/aromatic N) is 3. The molecule has 2 N–H and O–H groups in total. The van der Waals surface area contributed by atoms with Crippen molar-refractivity contribution in [1.82, 2.24) is 19.9 Å². The Labute approximate surface area is 117 Å². The second-order valence-corrected chi connectivity index (χ2v) is 4.82. The molecule has 0 fully saturated rings. The van der Waals surface area contributed by atoms with Crippen molar-refractivity contribution in [2.45, 2.75) is 26.3 Å². The number of aryl methyl sites for hydroxylation is 1. The van der Waals surface area contributed by atoms with Crippen LogP contribution in [0.3, 0.4) is 0 Å². The van der Waals surface area contributed by atoms with Gasteiger partial charge < -0.3 is 10.3 Å². The highest BCUT2D eigenvalue weighted by Crippen LogP contribution is 2.25. The Bertz CT molecular complexity index is 705. The smallest absolute Gasteiger partial charge is 0.137 e. The van der Waals surface area contributed by atoms with E-state index in [0.717, 1.165) is 29.0 Å². The Hall–Kier alpha value is -2.43. The van der Waals surface area contributed by atoms with E-state index in [4.69, 9.17) is 0 Å². The number of aromatic amines is 1. The maximum atomic E-state index is 4.38. The van der Waals surface area contributed by atoms with E-state index in [-0.39, 0.29) is 6.04 Å². The van der Waals surface area contributed by atoms with Gasteiger partial charge in [-0.25, -0.2) is 15.0 Å². The number of imidazole rings is 1. The van der Waals surface area contributed by atoms with Crippen LogP contribution in [0.1, 0.15) is 30.8 Å². The second-order valence-electron chi connectivity index (χ2n) is 4.82. The third-order valence-corrected chi connectivity index (χ3v) is 3.36. The molecule has 5 heteroatoms. The van der Waals surface area contributed by atoms with Crippen LogP contribution in [0.4, 0.5) is 5.82 Å². The van der Waals surface area contributed by atoms with Gasteiger partial charge in [0.15, 0.2) is 0 Å². The summed E-state index contributed by atoms with van der Waals surface area (Å²) in [6.07, 6.45) is 6.11. The lowest BCUT2D eigenvalue weighted by Crippen LogP contribution is -2.12. The molecule has 0 aliphatic rings. The number of aromatic nitrogens is 4. The Morgan fingerprint density at radius 3 is 2.90 bits per heavy atom. The minimum Gasteiger partial charge on any atom is -0.360 e. The average molecular weight is 267 g/mol. The molecule has 0 aliphatic heterocycles. The molecule has 5 nitrogen and oxygen atoms in total. The minimum absolute atomic E-state index is 0.114.